The highest BCUT2D eigenvalue weighted by Gasteiger charge is 2.29. The van der Waals surface area contributed by atoms with Crippen molar-refractivity contribution in [3.8, 4) is 0 Å². The van der Waals surface area contributed by atoms with E-state index >= 15 is 0 Å². The molecule has 2 atom stereocenters. The number of aryl methyl sites for hydroxylation is 6. The second-order valence-corrected chi connectivity index (χ2v) is 18.9. The Morgan fingerprint density at radius 2 is 0.946 bits per heavy atom. The lowest BCUT2D eigenvalue weighted by Gasteiger charge is -2.17. The molecule has 0 saturated carbocycles. The van der Waals surface area contributed by atoms with Crippen molar-refractivity contribution in [3.05, 3.63) is 69.0 Å². The minimum atomic E-state index is -3.39. The molecule has 0 bridgehead atoms. The average Bonchev–Trinajstić information content (AvgIpc) is 4.02. The van der Waals surface area contributed by atoms with Crippen LogP contribution < -0.4 is 31.5 Å². The van der Waals surface area contributed by atoms with Crippen molar-refractivity contribution in [1.29, 1.82) is 0 Å². The van der Waals surface area contributed by atoms with Gasteiger partial charge in [0.25, 0.3) is 0 Å². The lowest BCUT2D eigenvalue weighted by atomic mass is 9.99. The van der Waals surface area contributed by atoms with Crippen LogP contribution in [-0.4, -0.2) is 53.1 Å². The number of amides is 4. The fraction of sp³-hybridized carbons (Fsp3) is 0.474. The van der Waals surface area contributed by atoms with Crippen LogP contribution in [0.15, 0.2) is 43.0 Å². The van der Waals surface area contributed by atoms with E-state index in [2.05, 4.69) is 52.3 Å². The van der Waals surface area contributed by atoms with Crippen LogP contribution in [-0.2, 0) is 84.3 Å². The Balaban J connectivity index is 0.000000146. The van der Waals surface area contributed by atoms with Gasteiger partial charge < -0.3 is 21.3 Å². The molecule has 2 unspecified atom stereocenters. The van der Waals surface area contributed by atoms with Crippen molar-refractivity contribution in [1.82, 2.24) is 19.6 Å². The van der Waals surface area contributed by atoms with Crippen LogP contribution in [0.3, 0.4) is 0 Å². The molecule has 0 saturated heterocycles. The number of urea groups is 2. The molecule has 0 radical (unpaired) electrons. The number of hydrogen-bond acceptors (Lipinski definition) is 8. The number of anilines is 4. The second kappa shape index (κ2) is 14.6. The van der Waals surface area contributed by atoms with Crippen LogP contribution in [0.2, 0.25) is 0 Å². The Bertz CT molecular complexity index is 2300. The first-order valence-electron chi connectivity index (χ1n) is 19.7. The molecule has 18 heteroatoms. The molecule has 4 amide bonds. The van der Waals surface area contributed by atoms with Gasteiger partial charge in [0.15, 0.2) is 0 Å². The van der Waals surface area contributed by atoms with E-state index < -0.39 is 31.9 Å². The molecule has 0 spiro atoms. The zero-order chi connectivity index (χ0) is 38.6. The van der Waals surface area contributed by atoms with Gasteiger partial charge in [-0.1, -0.05) is 12.1 Å². The second-order valence-electron chi connectivity index (χ2n) is 15.4. The standard InChI is InChI=1S/2C19H24N6O2S/c2*20-28(27,16-11-22-25-9-3-8-21-18(16)25)24-19(26)23-17-14-6-1-4-12(14)10-13-5-2-7-15(13)17/h2*10-11,21H,1-9H2,(H3,20,23,24,26,27). The largest absolute Gasteiger partial charge is 0.369 e. The number of benzene rings is 2. The molecule has 10 rings (SSSR count). The van der Waals surface area contributed by atoms with Gasteiger partial charge in [0.2, 0.25) is 0 Å². The fourth-order valence-corrected chi connectivity index (χ4v) is 11.4. The summed E-state index contributed by atoms with van der Waals surface area (Å²) < 4.78 is 37.3. The molecule has 4 heterocycles. The van der Waals surface area contributed by atoms with Crippen LogP contribution in [0.4, 0.5) is 32.6 Å². The number of aromatic nitrogens is 4. The first-order valence-corrected chi connectivity index (χ1v) is 22.9. The molecule has 2 aliphatic heterocycles. The highest BCUT2D eigenvalue weighted by Crippen LogP contribution is 2.40. The number of rotatable bonds is 4. The van der Waals surface area contributed by atoms with Gasteiger partial charge in [-0.05, 0) is 134 Å². The number of fused-ring (bicyclic) bond motifs is 6. The maximum absolute atomic E-state index is 13.0. The molecular weight excluding hydrogens is 753 g/mol. The third-order valence-corrected chi connectivity index (χ3v) is 14.5. The van der Waals surface area contributed by atoms with Crippen molar-refractivity contribution < 1.29 is 18.0 Å². The van der Waals surface area contributed by atoms with Gasteiger partial charge in [0.05, 0.1) is 12.4 Å². The zero-order valence-corrected chi connectivity index (χ0v) is 33.0. The number of nitrogens with zero attached hydrogens (tertiary/aromatic N) is 6. The predicted molar refractivity (Wildman–Crippen MR) is 216 cm³/mol. The lowest BCUT2D eigenvalue weighted by Crippen LogP contribution is -2.22. The van der Waals surface area contributed by atoms with Gasteiger partial charge in [-0.2, -0.15) is 10.2 Å². The number of nitrogens with two attached hydrogens (primary N) is 2. The van der Waals surface area contributed by atoms with Crippen molar-refractivity contribution in [3.63, 3.8) is 0 Å². The van der Waals surface area contributed by atoms with Crippen LogP contribution >= 0.6 is 0 Å². The molecule has 296 valence electrons. The highest BCUT2D eigenvalue weighted by atomic mass is 32.2. The van der Waals surface area contributed by atoms with Crippen molar-refractivity contribution in [2.45, 2.75) is 113 Å². The number of nitrogens with one attached hydrogen (secondary N) is 4. The normalized spacial score (nSPS) is 19.2. The van der Waals surface area contributed by atoms with E-state index in [0.29, 0.717) is 11.6 Å². The SMILES string of the molecule is NS(=O)(=NC(=O)Nc1c2c(cc3c1CCC3)CCC2)c1cnn2c1NCCC2.NS(=O)(=NC(=O)Nc1c2c(cc3c1CCC3)CCC2)c1cnn2c1NCCC2. The predicted octanol–water partition coefficient (Wildman–Crippen LogP) is 5.22. The monoisotopic (exact) mass is 800 g/mol. The maximum atomic E-state index is 13.0. The molecule has 6 aliphatic rings. The molecule has 2 aromatic heterocycles. The topological polar surface area (TPSA) is 229 Å². The molecule has 0 fully saturated rings. The van der Waals surface area contributed by atoms with Crippen LogP contribution in [0.25, 0.3) is 0 Å². The van der Waals surface area contributed by atoms with Crippen molar-refractivity contribution in [2.24, 2.45) is 19.0 Å². The summed E-state index contributed by atoms with van der Waals surface area (Å²) in [4.78, 5) is 26.0. The summed E-state index contributed by atoms with van der Waals surface area (Å²) in [6, 6.07) is 3.29. The summed E-state index contributed by atoms with van der Waals surface area (Å²) in [5, 5.41) is 32.6. The van der Waals surface area contributed by atoms with E-state index in [0.717, 1.165) is 127 Å². The van der Waals surface area contributed by atoms with E-state index in [1.165, 1.54) is 56.9 Å². The number of carbonyl (C=O) groups excluding carboxylic acids is 2. The zero-order valence-electron chi connectivity index (χ0n) is 31.3. The molecule has 4 aromatic rings. The third kappa shape index (κ3) is 6.85. The number of hydrogen-bond donors (Lipinski definition) is 6. The van der Waals surface area contributed by atoms with E-state index in [9.17, 15) is 18.0 Å². The van der Waals surface area contributed by atoms with Gasteiger partial charge in [-0.15, -0.1) is 8.73 Å². The van der Waals surface area contributed by atoms with Gasteiger partial charge >= 0.3 is 12.1 Å². The Labute approximate surface area is 326 Å². The van der Waals surface area contributed by atoms with Crippen LogP contribution in [0, 0.1) is 0 Å². The molecule has 16 nitrogen and oxygen atoms in total. The summed E-state index contributed by atoms with van der Waals surface area (Å²) in [5.41, 5.74) is 11.9. The molecule has 8 N–H and O–H groups in total. The summed E-state index contributed by atoms with van der Waals surface area (Å²) in [6.07, 6.45) is 17.2. The van der Waals surface area contributed by atoms with Crippen molar-refractivity contribution >= 4 is 54.9 Å². The van der Waals surface area contributed by atoms with Crippen molar-refractivity contribution in [2.75, 3.05) is 34.4 Å². The highest BCUT2D eigenvalue weighted by molar-refractivity contribution is 7.92. The van der Waals surface area contributed by atoms with E-state index in [-0.39, 0.29) is 9.79 Å². The summed E-state index contributed by atoms with van der Waals surface area (Å²) in [5.74, 6) is 1.19. The number of carbonyl (C=O) groups is 2. The molecular formula is C38H48N12O4S2. The smallest absolute Gasteiger partial charge is 0.354 e. The Morgan fingerprint density at radius 1 is 0.589 bits per heavy atom. The van der Waals surface area contributed by atoms with Crippen LogP contribution in [0.1, 0.15) is 83.0 Å². The summed E-state index contributed by atoms with van der Waals surface area (Å²) >= 11 is 0. The van der Waals surface area contributed by atoms with Gasteiger partial charge in [-0.25, -0.2) is 37.6 Å². The Morgan fingerprint density at radius 3 is 1.30 bits per heavy atom. The average molecular weight is 801 g/mol. The molecule has 56 heavy (non-hydrogen) atoms. The maximum Gasteiger partial charge on any atom is 0.354 e. The van der Waals surface area contributed by atoms with E-state index in [1.54, 1.807) is 9.36 Å². The third-order valence-electron chi connectivity index (χ3n) is 11.8. The quantitative estimate of drug-likeness (QED) is 0.160. The molecule has 2 aromatic carbocycles. The van der Waals surface area contributed by atoms with Gasteiger partial charge in [0, 0.05) is 37.6 Å². The van der Waals surface area contributed by atoms with Crippen LogP contribution in [0.5, 0.6) is 0 Å². The minimum Gasteiger partial charge on any atom is -0.369 e. The van der Waals surface area contributed by atoms with Gasteiger partial charge in [-0.3, -0.25) is 0 Å². The summed E-state index contributed by atoms with van der Waals surface area (Å²) in [7, 11) is -6.78. The first-order chi connectivity index (χ1) is 27.1. The lowest BCUT2D eigenvalue weighted by molar-refractivity contribution is 0.259. The first kappa shape index (κ1) is 36.8. The molecule has 4 aliphatic carbocycles. The van der Waals surface area contributed by atoms with Gasteiger partial charge in [0.1, 0.15) is 41.3 Å². The van der Waals surface area contributed by atoms with E-state index in [1.807, 2.05) is 0 Å². The Hall–Kier alpha value is -4.78. The Kier molecular flexibility index (Phi) is 9.62. The fourth-order valence-electron chi connectivity index (χ4n) is 9.27. The summed E-state index contributed by atoms with van der Waals surface area (Å²) in [6.45, 7) is 2.96. The van der Waals surface area contributed by atoms with E-state index in [4.69, 9.17) is 10.3 Å². The minimum absolute atomic E-state index is 0.283.